The number of amides is 3. The van der Waals surface area contributed by atoms with Crippen molar-refractivity contribution in [2.45, 2.75) is 24.6 Å². The van der Waals surface area contributed by atoms with Gasteiger partial charge in [-0.2, -0.15) is 0 Å². The molecule has 1 aromatic carbocycles. The maximum absolute atomic E-state index is 12.2. The molecule has 2 atom stereocenters. The number of rotatable bonds is 7. The van der Waals surface area contributed by atoms with Crippen LogP contribution in [0.2, 0.25) is 0 Å². The molecule has 1 fully saturated rings. The molecular formula is C17H18N4O5S. The van der Waals surface area contributed by atoms with Gasteiger partial charge in [-0.15, -0.1) is 10.2 Å². The second-order valence-corrected chi connectivity index (χ2v) is 6.89. The Bertz CT molecular complexity index is 851. The van der Waals surface area contributed by atoms with E-state index >= 15 is 0 Å². The lowest BCUT2D eigenvalue weighted by molar-refractivity contribution is -0.125. The van der Waals surface area contributed by atoms with Gasteiger partial charge in [-0.1, -0.05) is 11.8 Å². The molecule has 3 amide bonds. The molecule has 142 valence electrons. The molecule has 9 nitrogen and oxygen atoms in total. The SMILES string of the molecule is COc1ccc(C(=O)CSc2nnc(CC3C(=O)NC(=O)NC3C)o2)cc1. The van der Waals surface area contributed by atoms with E-state index in [1.807, 2.05) is 0 Å². The van der Waals surface area contributed by atoms with Gasteiger partial charge in [0.25, 0.3) is 5.22 Å². The summed E-state index contributed by atoms with van der Waals surface area (Å²) >= 11 is 1.13. The normalized spacial score (nSPS) is 19.3. The molecule has 10 heteroatoms. The minimum atomic E-state index is -0.512. The Morgan fingerprint density at radius 1 is 1.26 bits per heavy atom. The highest BCUT2D eigenvalue weighted by Gasteiger charge is 2.34. The van der Waals surface area contributed by atoms with Crippen molar-refractivity contribution in [3.05, 3.63) is 35.7 Å². The lowest BCUT2D eigenvalue weighted by Gasteiger charge is -2.27. The van der Waals surface area contributed by atoms with E-state index in [1.54, 1.807) is 38.3 Å². The highest BCUT2D eigenvalue weighted by atomic mass is 32.2. The highest BCUT2D eigenvalue weighted by molar-refractivity contribution is 7.99. The predicted octanol–water partition coefficient (Wildman–Crippen LogP) is 1.44. The summed E-state index contributed by atoms with van der Waals surface area (Å²) < 4.78 is 10.6. The maximum Gasteiger partial charge on any atom is 0.321 e. The van der Waals surface area contributed by atoms with Crippen molar-refractivity contribution in [1.29, 1.82) is 0 Å². The third-order valence-corrected chi connectivity index (χ3v) is 4.94. The van der Waals surface area contributed by atoms with Gasteiger partial charge in [-0.3, -0.25) is 14.9 Å². The first-order valence-corrected chi connectivity index (χ1v) is 9.18. The van der Waals surface area contributed by atoms with Gasteiger partial charge in [0.15, 0.2) is 5.78 Å². The van der Waals surface area contributed by atoms with Crippen molar-refractivity contribution in [2.24, 2.45) is 5.92 Å². The van der Waals surface area contributed by atoms with E-state index in [4.69, 9.17) is 9.15 Å². The molecule has 0 radical (unpaired) electrons. The van der Waals surface area contributed by atoms with Gasteiger partial charge in [0.1, 0.15) is 5.75 Å². The van der Waals surface area contributed by atoms with Crippen LogP contribution in [0.1, 0.15) is 23.2 Å². The van der Waals surface area contributed by atoms with Crippen molar-refractivity contribution < 1.29 is 23.5 Å². The van der Waals surface area contributed by atoms with E-state index in [0.29, 0.717) is 11.3 Å². The van der Waals surface area contributed by atoms with Gasteiger partial charge in [0, 0.05) is 18.0 Å². The first kappa shape index (κ1) is 18.9. The molecule has 1 aliphatic heterocycles. The lowest BCUT2D eigenvalue weighted by atomic mass is 9.95. The summed E-state index contributed by atoms with van der Waals surface area (Å²) in [5.74, 6) is 0.140. The standard InChI is InChI=1S/C17H18N4O5S/c1-9-12(15(23)19-16(24)18-9)7-14-20-21-17(26-14)27-8-13(22)10-3-5-11(25-2)6-4-10/h3-6,9,12H,7-8H2,1-2H3,(H2,18,19,23,24). The van der Waals surface area contributed by atoms with Crippen molar-refractivity contribution in [1.82, 2.24) is 20.8 Å². The largest absolute Gasteiger partial charge is 0.497 e. The van der Waals surface area contributed by atoms with Crippen LogP contribution in [0.4, 0.5) is 4.79 Å². The summed E-state index contributed by atoms with van der Waals surface area (Å²) in [5, 5.41) is 12.9. The molecular weight excluding hydrogens is 372 g/mol. The van der Waals surface area contributed by atoms with Crippen LogP contribution in [0.25, 0.3) is 0 Å². The summed E-state index contributed by atoms with van der Waals surface area (Å²) in [6.45, 7) is 1.74. The number of methoxy groups -OCH3 is 1. The molecule has 2 heterocycles. The zero-order chi connectivity index (χ0) is 19.4. The number of benzene rings is 1. The van der Waals surface area contributed by atoms with Crippen LogP contribution in [-0.4, -0.2) is 46.8 Å². The quantitative estimate of drug-likeness (QED) is 0.538. The zero-order valence-corrected chi connectivity index (χ0v) is 15.5. The number of urea groups is 1. The smallest absolute Gasteiger partial charge is 0.321 e. The number of aromatic nitrogens is 2. The number of thioether (sulfide) groups is 1. The number of hydrogen-bond donors (Lipinski definition) is 2. The average Bonchev–Trinajstić information content (AvgIpc) is 3.10. The van der Waals surface area contributed by atoms with Crippen molar-refractivity contribution in [2.75, 3.05) is 12.9 Å². The molecule has 0 saturated carbocycles. The van der Waals surface area contributed by atoms with Gasteiger partial charge in [-0.05, 0) is 31.2 Å². The summed E-state index contributed by atoms with van der Waals surface area (Å²) in [5.41, 5.74) is 0.562. The summed E-state index contributed by atoms with van der Waals surface area (Å²) in [6.07, 6.45) is 0.202. The third kappa shape index (κ3) is 4.64. The number of ketones is 1. The van der Waals surface area contributed by atoms with Gasteiger partial charge < -0.3 is 14.5 Å². The number of imide groups is 1. The van der Waals surface area contributed by atoms with Crippen molar-refractivity contribution in [3.8, 4) is 5.75 Å². The minimum absolute atomic E-state index is 0.0783. The zero-order valence-electron chi connectivity index (χ0n) is 14.7. The molecule has 27 heavy (non-hydrogen) atoms. The number of nitrogens with one attached hydrogen (secondary N) is 2. The van der Waals surface area contributed by atoms with Crippen molar-refractivity contribution >= 4 is 29.5 Å². The number of carbonyl (C=O) groups is 3. The van der Waals surface area contributed by atoms with Gasteiger partial charge in [0.2, 0.25) is 11.8 Å². The highest BCUT2D eigenvalue weighted by Crippen LogP contribution is 2.21. The van der Waals surface area contributed by atoms with E-state index in [-0.39, 0.29) is 41.0 Å². The summed E-state index contributed by atoms with van der Waals surface area (Å²) in [7, 11) is 1.56. The Morgan fingerprint density at radius 3 is 2.67 bits per heavy atom. The summed E-state index contributed by atoms with van der Waals surface area (Å²) in [6, 6.07) is 5.97. The number of hydrogen-bond acceptors (Lipinski definition) is 8. The van der Waals surface area contributed by atoms with E-state index in [2.05, 4.69) is 20.8 Å². The van der Waals surface area contributed by atoms with Crippen LogP contribution in [-0.2, 0) is 11.2 Å². The van der Waals surface area contributed by atoms with Crippen LogP contribution < -0.4 is 15.4 Å². The van der Waals surface area contributed by atoms with Crippen LogP contribution in [0.15, 0.2) is 33.9 Å². The topological polar surface area (TPSA) is 123 Å². The fourth-order valence-electron chi connectivity index (χ4n) is 2.60. The first-order valence-electron chi connectivity index (χ1n) is 8.20. The Hall–Kier alpha value is -2.88. The molecule has 1 aromatic heterocycles. The van der Waals surface area contributed by atoms with Gasteiger partial charge in [-0.25, -0.2) is 4.79 Å². The Balaban J connectivity index is 1.55. The van der Waals surface area contributed by atoms with Crippen LogP contribution >= 0.6 is 11.8 Å². The number of Topliss-reactive ketones (excluding diaryl/α,β-unsaturated/α-hetero) is 1. The molecule has 0 aliphatic carbocycles. The molecule has 2 aromatic rings. The predicted molar refractivity (Wildman–Crippen MR) is 95.7 cm³/mol. The van der Waals surface area contributed by atoms with E-state index in [9.17, 15) is 14.4 Å². The second-order valence-electron chi connectivity index (χ2n) is 5.96. The monoisotopic (exact) mass is 390 g/mol. The van der Waals surface area contributed by atoms with Crippen LogP contribution in [0, 0.1) is 5.92 Å². The molecule has 1 saturated heterocycles. The second kappa shape index (κ2) is 8.21. The number of carbonyl (C=O) groups excluding carboxylic acids is 3. The van der Waals surface area contributed by atoms with E-state index in [1.165, 1.54) is 0 Å². The first-order chi connectivity index (χ1) is 13.0. The fourth-order valence-corrected chi connectivity index (χ4v) is 3.27. The average molecular weight is 390 g/mol. The van der Waals surface area contributed by atoms with Crippen LogP contribution in [0.5, 0.6) is 5.75 Å². The maximum atomic E-state index is 12.2. The summed E-state index contributed by atoms with van der Waals surface area (Å²) in [4.78, 5) is 35.4. The molecule has 2 N–H and O–H groups in total. The third-order valence-electron chi connectivity index (χ3n) is 4.12. The van der Waals surface area contributed by atoms with Crippen LogP contribution in [0.3, 0.4) is 0 Å². The number of nitrogens with zero attached hydrogens (tertiary/aromatic N) is 2. The molecule has 0 spiro atoms. The Morgan fingerprint density at radius 2 is 2.00 bits per heavy atom. The molecule has 1 aliphatic rings. The number of ether oxygens (including phenoxy) is 1. The molecule has 3 rings (SSSR count). The van der Waals surface area contributed by atoms with Crippen molar-refractivity contribution in [3.63, 3.8) is 0 Å². The van der Waals surface area contributed by atoms with Gasteiger partial charge >= 0.3 is 6.03 Å². The van der Waals surface area contributed by atoms with E-state index in [0.717, 1.165) is 11.8 Å². The minimum Gasteiger partial charge on any atom is -0.497 e. The molecule has 2 unspecified atom stereocenters. The van der Waals surface area contributed by atoms with Gasteiger partial charge in [0.05, 0.1) is 18.8 Å². The molecule has 0 bridgehead atoms. The Labute approximate surface area is 159 Å². The lowest BCUT2D eigenvalue weighted by Crippen LogP contribution is -2.57. The fraction of sp³-hybridized carbons (Fsp3) is 0.353. The Kier molecular flexibility index (Phi) is 5.75. The van der Waals surface area contributed by atoms with E-state index < -0.39 is 11.9 Å².